The van der Waals surface area contributed by atoms with Crippen molar-refractivity contribution in [2.75, 3.05) is 11.1 Å². The maximum Gasteiger partial charge on any atom is 0.294 e. The van der Waals surface area contributed by atoms with Gasteiger partial charge in [-0.05, 0) is 45.4 Å². The third-order valence-electron chi connectivity index (χ3n) is 6.40. The number of aromatic hydroxyl groups is 1. The predicted octanol–water partition coefficient (Wildman–Crippen LogP) is 2.56. The Morgan fingerprint density at radius 2 is 1.79 bits per heavy atom. The molecule has 0 spiro atoms. The van der Waals surface area contributed by atoms with Crippen LogP contribution >= 0.6 is 0 Å². The van der Waals surface area contributed by atoms with Crippen LogP contribution in [0.2, 0.25) is 0 Å². The van der Waals surface area contributed by atoms with Gasteiger partial charge in [-0.3, -0.25) is 24.4 Å². The van der Waals surface area contributed by atoms with Gasteiger partial charge in [0.1, 0.15) is 12.4 Å². The van der Waals surface area contributed by atoms with Crippen LogP contribution in [-0.4, -0.2) is 44.4 Å². The van der Waals surface area contributed by atoms with Gasteiger partial charge >= 0.3 is 0 Å². The summed E-state index contributed by atoms with van der Waals surface area (Å²) in [5, 5.41) is 25.0. The lowest BCUT2D eigenvalue weighted by atomic mass is 10.1. The largest absolute Gasteiger partial charge is 0.504 e. The van der Waals surface area contributed by atoms with E-state index < -0.39 is 70.6 Å². The van der Waals surface area contributed by atoms with Crippen molar-refractivity contribution in [3.8, 4) is 17.0 Å². The van der Waals surface area contributed by atoms with Crippen molar-refractivity contribution >= 4 is 29.2 Å². The van der Waals surface area contributed by atoms with E-state index in [2.05, 4.69) is 20.9 Å². The third kappa shape index (κ3) is 7.23. The molecule has 0 aliphatic rings. The van der Waals surface area contributed by atoms with Crippen molar-refractivity contribution in [3.63, 3.8) is 0 Å². The fourth-order valence-corrected chi connectivity index (χ4v) is 4.07. The lowest BCUT2D eigenvalue weighted by Gasteiger charge is -2.18. The summed E-state index contributed by atoms with van der Waals surface area (Å²) < 4.78 is 44.6. The lowest BCUT2D eigenvalue weighted by Crippen LogP contribution is -2.35. The highest BCUT2D eigenvalue weighted by Gasteiger charge is 2.27. The van der Waals surface area contributed by atoms with Crippen LogP contribution in [0.15, 0.2) is 29.2 Å². The summed E-state index contributed by atoms with van der Waals surface area (Å²) in [5.41, 5.74) is 9.04. The third-order valence-corrected chi connectivity index (χ3v) is 6.40. The van der Waals surface area contributed by atoms with Gasteiger partial charge in [-0.25, -0.2) is 18.2 Å². The summed E-state index contributed by atoms with van der Waals surface area (Å²) in [4.78, 5) is 43.3. The molecule has 43 heavy (non-hydrogen) atoms. The zero-order chi connectivity index (χ0) is 32.2. The van der Waals surface area contributed by atoms with E-state index in [1.807, 2.05) is 13.8 Å². The molecule has 0 radical (unpaired) electrons. The van der Waals surface area contributed by atoms with E-state index in [4.69, 9.17) is 16.9 Å². The number of amides is 2. The average molecular weight is 603 g/mol. The van der Waals surface area contributed by atoms with Gasteiger partial charge in [-0.1, -0.05) is 6.92 Å². The van der Waals surface area contributed by atoms with Crippen LogP contribution in [0.5, 0.6) is 5.75 Å². The monoisotopic (exact) mass is 602 g/mol. The van der Waals surface area contributed by atoms with Gasteiger partial charge in [-0.2, -0.15) is 0 Å². The molecule has 3 aromatic rings. The summed E-state index contributed by atoms with van der Waals surface area (Å²) in [5.74, 6) is -9.03. The van der Waals surface area contributed by atoms with E-state index >= 15 is 0 Å². The molecule has 1 aromatic heterocycles. The Hall–Kier alpha value is -5.08. The summed E-state index contributed by atoms with van der Waals surface area (Å²) in [6.45, 7) is 5.67. The summed E-state index contributed by atoms with van der Waals surface area (Å²) in [6, 6.07) is 4.08. The van der Waals surface area contributed by atoms with Crippen molar-refractivity contribution in [2.24, 2.45) is 5.73 Å². The van der Waals surface area contributed by atoms with Crippen molar-refractivity contribution in [1.82, 2.24) is 20.2 Å². The number of nitrogens with one attached hydrogen (secondary N) is 4. The highest BCUT2D eigenvalue weighted by atomic mass is 19.2. The van der Waals surface area contributed by atoms with E-state index in [0.29, 0.717) is 6.42 Å². The van der Waals surface area contributed by atoms with E-state index in [1.54, 1.807) is 13.8 Å². The Morgan fingerprint density at radius 1 is 1.12 bits per heavy atom. The Labute approximate surface area is 244 Å². The number of nitrogens with two attached hydrogens (primary N) is 2. The van der Waals surface area contributed by atoms with Crippen LogP contribution in [0.1, 0.15) is 55.6 Å². The molecular formula is C28H33F3N8O4. The zero-order valence-electron chi connectivity index (χ0n) is 23.9. The van der Waals surface area contributed by atoms with Crippen molar-refractivity contribution in [1.29, 1.82) is 5.41 Å². The average Bonchev–Trinajstić information content (AvgIpc) is 2.93. The molecule has 0 saturated heterocycles. The minimum Gasteiger partial charge on any atom is -0.504 e. The molecular weight excluding hydrogens is 569 g/mol. The molecule has 0 saturated carbocycles. The van der Waals surface area contributed by atoms with Gasteiger partial charge in [0.25, 0.3) is 11.5 Å². The van der Waals surface area contributed by atoms with E-state index in [9.17, 15) is 32.7 Å². The zero-order valence-corrected chi connectivity index (χ0v) is 23.9. The second-order valence-corrected chi connectivity index (χ2v) is 10.1. The summed E-state index contributed by atoms with van der Waals surface area (Å²) in [7, 11) is 0. The number of nitrogen functional groups attached to an aromatic ring is 2. The molecule has 0 fully saturated rings. The minimum atomic E-state index is -1.76. The number of amidine groups is 1. The van der Waals surface area contributed by atoms with E-state index in [0.717, 1.165) is 4.57 Å². The fourth-order valence-electron chi connectivity index (χ4n) is 4.07. The lowest BCUT2D eigenvalue weighted by molar-refractivity contribution is -0.121. The number of phenols is 1. The molecule has 0 aliphatic carbocycles. The second-order valence-electron chi connectivity index (χ2n) is 10.1. The highest BCUT2D eigenvalue weighted by Crippen LogP contribution is 2.30. The number of aromatic nitrogens is 2. The first-order chi connectivity index (χ1) is 20.2. The summed E-state index contributed by atoms with van der Waals surface area (Å²) in [6.07, 6.45) is 1.99. The van der Waals surface area contributed by atoms with Crippen LogP contribution in [0, 0.1) is 22.9 Å². The fraction of sp³-hybridized carbons (Fsp3) is 0.321. The minimum absolute atomic E-state index is 0.0888. The second kappa shape index (κ2) is 13.3. The molecule has 1 atom stereocenters. The van der Waals surface area contributed by atoms with Crippen molar-refractivity contribution < 1.29 is 27.9 Å². The molecule has 12 nitrogen and oxygen atoms in total. The molecule has 0 bridgehead atoms. The van der Waals surface area contributed by atoms with E-state index in [1.165, 1.54) is 24.4 Å². The van der Waals surface area contributed by atoms with Gasteiger partial charge in [0.15, 0.2) is 29.0 Å². The van der Waals surface area contributed by atoms with Crippen LogP contribution in [-0.2, 0) is 17.9 Å². The van der Waals surface area contributed by atoms with Gasteiger partial charge in [-0.15, -0.1) is 0 Å². The number of nitrogens with zero attached hydrogens (tertiary/aromatic N) is 2. The normalized spacial score (nSPS) is 11.7. The van der Waals surface area contributed by atoms with Crippen LogP contribution in [0.3, 0.4) is 0 Å². The number of benzene rings is 2. The number of phenolic OH excluding ortho intramolecular Hbond substituents is 1. The number of hydrogen-bond acceptors (Lipinski definition) is 8. The number of carbonyl (C=O) groups is 2. The summed E-state index contributed by atoms with van der Waals surface area (Å²) >= 11 is 0. The predicted molar refractivity (Wildman–Crippen MR) is 155 cm³/mol. The Morgan fingerprint density at radius 3 is 2.40 bits per heavy atom. The number of hydrogen-bond donors (Lipinski definition) is 7. The molecule has 2 aromatic carbocycles. The van der Waals surface area contributed by atoms with Gasteiger partial charge in [0.05, 0.1) is 17.5 Å². The first kappa shape index (κ1) is 32.4. The molecule has 2 amide bonds. The molecule has 15 heteroatoms. The Bertz CT molecular complexity index is 1610. The standard InChI is InChI=1S/C28H33F3N8O4/c1-5-13(4)38-27(42)15-6-14(7-16(32)8-15)18-10-36-26(37-12(2)3)28(43)39(18)11-19(40)35-9-17-21(29)23(31)20(25(33)34)24(41)22(17)30/h6-8,10,12-13,41H,5,9,11,32H2,1-4H3,(H3,33,34)(H,35,40)(H,36,37)(H,38,42). The van der Waals surface area contributed by atoms with Crippen LogP contribution in [0.4, 0.5) is 24.7 Å². The topological polar surface area (TPSA) is 201 Å². The number of rotatable bonds is 11. The smallest absolute Gasteiger partial charge is 0.294 e. The van der Waals surface area contributed by atoms with Gasteiger partial charge in [0.2, 0.25) is 5.91 Å². The van der Waals surface area contributed by atoms with Crippen LogP contribution < -0.4 is 33.0 Å². The molecule has 230 valence electrons. The SMILES string of the molecule is CCC(C)NC(=O)c1cc(N)cc(-c2cnc(NC(C)C)c(=O)n2CC(=O)NCc2c(F)c(O)c(C(=N)N)c(F)c2F)c1. The molecule has 1 heterocycles. The quantitative estimate of drug-likeness (QED) is 0.0751. The Balaban J connectivity index is 2.01. The maximum absolute atomic E-state index is 14.6. The molecule has 3 rings (SSSR count). The first-order valence-corrected chi connectivity index (χ1v) is 13.2. The number of halogens is 3. The molecule has 0 aliphatic heterocycles. The van der Waals surface area contributed by atoms with E-state index in [-0.39, 0.29) is 40.4 Å². The first-order valence-electron chi connectivity index (χ1n) is 13.2. The number of anilines is 2. The van der Waals surface area contributed by atoms with Gasteiger partial charge < -0.3 is 32.5 Å². The van der Waals surface area contributed by atoms with Crippen molar-refractivity contribution in [2.45, 2.75) is 59.3 Å². The number of carbonyl (C=O) groups excluding carboxylic acids is 2. The van der Waals surface area contributed by atoms with Crippen molar-refractivity contribution in [3.05, 3.63) is 68.9 Å². The highest BCUT2D eigenvalue weighted by molar-refractivity contribution is 5.98. The molecule has 9 N–H and O–H groups in total. The maximum atomic E-state index is 14.6. The Kier molecular flexibility index (Phi) is 10.0. The van der Waals surface area contributed by atoms with Gasteiger partial charge in [0, 0.05) is 41.0 Å². The molecule has 1 unspecified atom stereocenters. The van der Waals surface area contributed by atoms with Crippen LogP contribution in [0.25, 0.3) is 11.3 Å².